The van der Waals surface area contributed by atoms with Crippen molar-refractivity contribution in [3.05, 3.63) is 23.8 Å². The Balaban J connectivity index is 1.48. The quantitative estimate of drug-likeness (QED) is 0.894. The first-order valence-corrected chi connectivity index (χ1v) is 9.59. The molecule has 0 spiro atoms. The summed E-state index contributed by atoms with van der Waals surface area (Å²) in [5, 5.41) is 3.46. The molecule has 1 aromatic carbocycles. The van der Waals surface area contributed by atoms with Crippen LogP contribution in [0, 0.1) is 10.8 Å². The van der Waals surface area contributed by atoms with E-state index in [1.807, 2.05) is 0 Å². The maximum Gasteiger partial charge on any atom is 0.142 e. The number of nitrogens with zero attached hydrogens (tertiary/aromatic N) is 1. The van der Waals surface area contributed by atoms with Crippen LogP contribution in [0.25, 0.3) is 0 Å². The zero-order valence-corrected chi connectivity index (χ0v) is 15.7. The summed E-state index contributed by atoms with van der Waals surface area (Å²) in [6.45, 7) is 12.8. The third-order valence-electron chi connectivity index (χ3n) is 6.27. The Morgan fingerprint density at radius 2 is 2.12 bits per heavy atom. The molecule has 0 aromatic heterocycles. The monoisotopic (exact) mass is 328 g/mol. The number of likely N-dealkylation sites (tertiary alicyclic amines) is 1. The highest BCUT2D eigenvalue weighted by molar-refractivity contribution is 5.59. The van der Waals surface area contributed by atoms with Crippen LogP contribution in [0.1, 0.15) is 52.5 Å². The lowest BCUT2D eigenvalue weighted by molar-refractivity contribution is 0.120. The van der Waals surface area contributed by atoms with E-state index in [2.05, 4.69) is 56.1 Å². The first-order valence-electron chi connectivity index (χ1n) is 9.59. The van der Waals surface area contributed by atoms with Crippen molar-refractivity contribution < 1.29 is 4.74 Å². The first kappa shape index (κ1) is 16.3. The van der Waals surface area contributed by atoms with Crippen molar-refractivity contribution in [1.82, 2.24) is 4.90 Å². The average molecular weight is 329 g/mol. The van der Waals surface area contributed by atoms with Gasteiger partial charge in [-0.25, -0.2) is 0 Å². The van der Waals surface area contributed by atoms with E-state index in [0.29, 0.717) is 16.9 Å². The number of fused-ring (bicyclic) bond motifs is 3. The van der Waals surface area contributed by atoms with E-state index in [4.69, 9.17) is 4.74 Å². The zero-order chi connectivity index (χ0) is 16.9. The number of hydrogen-bond donors (Lipinski definition) is 1. The maximum absolute atomic E-state index is 5.70. The Hall–Kier alpha value is -1.22. The van der Waals surface area contributed by atoms with E-state index in [9.17, 15) is 0 Å². The van der Waals surface area contributed by atoms with Crippen LogP contribution in [0.2, 0.25) is 0 Å². The van der Waals surface area contributed by atoms with Crippen LogP contribution in [-0.2, 0) is 6.42 Å². The van der Waals surface area contributed by atoms with Gasteiger partial charge in [-0.1, -0.05) is 26.8 Å². The topological polar surface area (TPSA) is 24.5 Å². The smallest absolute Gasteiger partial charge is 0.142 e. The van der Waals surface area contributed by atoms with Crippen LogP contribution in [0.15, 0.2) is 18.2 Å². The van der Waals surface area contributed by atoms with Gasteiger partial charge < -0.3 is 10.1 Å². The molecular formula is C21H32N2O. The summed E-state index contributed by atoms with van der Waals surface area (Å²) in [5.74, 6) is 1.00. The molecule has 1 saturated carbocycles. The molecule has 2 fully saturated rings. The summed E-state index contributed by atoms with van der Waals surface area (Å²) < 4.78 is 5.70. The van der Waals surface area contributed by atoms with Crippen LogP contribution < -0.4 is 10.1 Å². The van der Waals surface area contributed by atoms with Crippen LogP contribution in [0.3, 0.4) is 0 Å². The van der Waals surface area contributed by atoms with E-state index < -0.39 is 0 Å². The van der Waals surface area contributed by atoms with Gasteiger partial charge in [0, 0.05) is 25.2 Å². The van der Waals surface area contributed by atoms with E-state index in [0.717, 1.165) is 31.4 Å². The molecule has 0 amide bonds. The molecule has 3 heteroatoms. The average Bonchev–Trinajstić information content (AvgIpc) is 2.76. The molecule has 1 aliphatic carbocycles. The molecule has 24 heavy (non-hydrogen) atoms. The highest BCUT2D eigenvalue weighted by Crippen LogP contribution is 2.53. The number of nitrogens with one attached hydrogen (secondary N) is 1. The molecule has 2 aliphatic heterocycles. The number of hydrogen-bond acceptors (Lipinski definition) is 3. The van der Waals surface area contributed by atoms with E-state index in [1.54, 1.807) is 0 Å². The van der Waals surface area contributed by atoms with Gasteiger partial charge in [-0.2, -0.15) is 0 Å². The first-order chi connectivity index (χ1) is 11.3. The van der Waals surface area contributed by atoms with Crippen molar-refractivity contribution in [3.63, 3.8) is 0 Å². The summed E-state index contributed by atoms with van der Waals surface area (Å²) in [4.78, 5) is 2.80. The second-order valence-corrected chi connectivity index (χ2v) is 9.54. The molecule has 3 nitrogen and oxygen atoms in total. The van der Waals surface area contributed by atoms with Gasteiger partial charge in [-0.05, 0) is 61.1 Å². The lowest BCUT2D eigenvalue weighted by atomic mass is 9.65. The van der Waals surface area contributed by atoms with Crippen LogP contribution in [0.5, 0.6) is 5.75 Å². The molecule has 3 atom stereocenters. The molecule has 3 aliphatic rings. The van der Waals surface area contributed by atoms with Gasteiger partial charge in [-0.15, -0.1) is 0 Å². The molecule has 1 N–H and O–H groups in total. The fourth-order valence-electron chi connectivity index (χ4n) is 5.79. The van der Waals surface area contributed by atoms with E-state index in [-0.39, 0.29) is 0 Å². The van der Waals surface area contributed by atoms with Crippen molar-refractivity contribution in [2.75, 3.05) is 25.0 Å². The van der Waals surface area contributed by atoms with Crippen molar-refractivity contribution in [1.29, 1.82) is 0 Å². The third-order valence-corrected chi connectivity index (χ3v) is 6.27. The van der Waals surface area contributed by atoms with Gasteiger partial charge >= 0.3 is 0 Å². The minimum atomic E-state index is 0.499. The fraction of sp³-hybridized carbons (Fsp3) is 0.714. The van der Waals surface area contributed by atoms with Crippen molar-refractivity contribution >= 4 is 5.69 Å². The molecule has 4 rings (SSSR count). The lowest BCUT2D eigenvalue weighted by Crippen LogP contribution is -2.40. The Morgan fingerprint density at radius 3 is 2.96 bits per heavy atom. The Bertz CT molecular complexity index is 626. The van der Waals surface area contributed by atoms with Gasteiger partial charge in [0.1, 0.15) is 12.4 Å². The number of ether oxygens (including phenoxy) is 1. The maximum atomic E-state index is 5.70. The molecule has 2 bridgehead atoms. The highest BCUT2D eigenvalue weighted by atomic mass is 16.5. The summed E-state index contributed by atoms with van der Waals surface area (Å²) in [6, 6.07) is 8.05. The second kappa shape index (κ2) is 5.66. The molecule has 1 aromatic rings. The van der Waals surface area contributed by atoms with Crippen molar-refractivity contribution in [2.45, 2.75) is 65.5 Å². The predicted molar refractivity (Wildman–Crippen MR) is 99.8 cm³/mol. The van der Waals surface area contributed by atoms with Gasteiger partial charge in [0.25, 0.3) is 0 Å². The van der Waals surface area contributed by atoms with Gasteiger partial charge in [0.05, 0.1) is 5.69 Å². The number of benzene rings is 1. The molecular weight excluding hydrogens is 296 g/mol. The summed E-state index contributed by atoms with van der Waals surface area (Å²) in [6.07, 6.45) is 5.24. The SMILES string of the molecule is CC(Cc1ccc2c(c1)NCCO2)N1CC2(C)CC1CC(C)(C)C2. The van der Waals surface area contributed by atoms with Crippen LogP contribution in [-0.4, -0.2) is 36.7 Å². The minimum Gasteiger partial charge on any atom is -0.490 e. The molecule has 132 valence electrons. The van der Waals surface area contributed by atoms with E-state index >= 15 is 0 Å². The van der Waals surface area contributed by atoms with Crippen molar-refractivity contribution in [3.8, 4) is 5.75 Å². The molecule has 3 unspecified atom stereocenters. The largest absolute Gasteiger partial charge is 0.490 e. The Kier molecular flexibility index (Phi) is 3.83. The highest BCUT2D eigenvalue weighted by Gasteiger charge is 2.50. The van der Waals surface area contributed by atoms with Gasteiger partial charge in [-0.3, -0.25) is 4.90 Å². The second-order valence-electron chi connectivity index (χ2n) is 9.54. The molecule has 2 heterocycles. The molecule has 1 saturated heterocycles. The number of anilines is 1. The normalized spacial score (nSPS) is 32.6. The Labute approximate surface area is 146 Å². The standard InChI is InChI=1S/C21H32N2O/c1-15(9-16-5-6-19-18(10-16)22-7-8-24-19)23-14-21(4)12-17(23)11-20(2,3)13-21/h5-6,10,15,17,22H,7-9,11-14H2,1-4H3. The lowest BCUT2D eigenvalue weighted by Gasteiger charge is -2.40. The minimum absolute atomic E-state index is 0.499. The molecule has 0 radical (unpaired) electrons. The van der Waals surface area contributed by atoms with Crippen molar-refractivity contribution in [2.24, 2.45) is 10.8 Å². The number of rotatable bonds is 3. The van der Waals surface area contributed by atoms with Gasteiger partial charge in [0.15, 0.2) is 0 Å². The van der Waals surface area contributed by atoms with Gasteiger partial charge in [0.2, 0.25) is 0 Å². The summed E-state index contributed by atoms with van der Waals surface area (Å²) >= 11 is 0. The predicted octanol–water partition coefficient (Wildman–Crippen LogP) is 4.32. The summed E-state index contributed by atoms with van der Waals surface area (Å²) in [7, 11) is 0. The van der Waals surface area contributed by atoms with E-state index in [1.165, 1.54) is 37.1 Å². The van der Waals surface area contributed by atoms with Crippen LogP contribution in [0.4, 0.5) is 5.69 Å². The third kappa shape index (κ3) is 3.03. The Morgan fingerprint density at radius 1 is 1.29 bits per heavy atom. The van der Waals surface area contributed by atoms with Crippen LogP contribution >= 0.6 is 0 Å². The fourth-order valence-corrected chi connectivity index (χ4v) is 5.79. The summed E-state index contributed by atoms with van der Waals surface area (Å²) in [5.41, 5.74) is 3.61. The zero-order valence-electron chi connectivity index (χ0n) is 15.7.